The van der Waals surface area contributed by atoms with E-state index in [1.807, 2.05) is 0 Å². The molecule has 0 aliphatic rings. The number of aryl methyl sites for hydroxylation is 1. The van der Waals surface area contributed by atoms with E-state index >= 15 is 0 Å². The topological polar surface area (TPSA) is 48.9 Å². The van der Waals surface area contributed by atoms with E-state index in [0.717, 1.165) is 4.57 Å². The highest BCUT2D eigenvalue weighted by molar-refractivity contribution is 6.54. The van der Waals surface area contributed by atoms with Crippen LogP contribution in [0.25, 0.3) is 0 Å². The molecule has 0 N–H and O–H groups in total. The molecule has 1 heterocycles. The van der Waals surface area contributed by atoms with Crippen LogP contribution in [0.1, 0.15) is 0 Å². The van der Waals surface area contributed by atoms with Gasteiger partial charge in [0.25, 0.3) is 0 Å². The van der Waals surface area contributed by atoms with Crippen molar-refractivity contribution in [3.63, 3.8) is 0 Å². The van der Waals surface area contributed by atoms with Crippen LogP contribution in [0, 0.1) is 0 Å². The zero-order chi connectivity index (χ0) is 9.35. The molecule has 1 aromatic heterocycles. The molecule has 6 heteroatoms. The first-order chi connectivity index (χ1) is 5.44. The quantitative estimate of drug-likeness (QED) is 0.470. The fourth-order valence-corrected chi connectivity index (χ4v) is 0.922. The molecule has 0 aromatic carbocycles. The molecule has 0 atom stereocenters. The Bertz CT molecular complexity index is 308. The van der Waals surface area contributed by atoms with Gasteiger partial charge in [0.1, 0.15) is 18.4 Å². The average Bonchev–Trinajstić information content (AvgIpc) is 2.35. The molecule has 66 valence electrons. The number of halogens is 2. The van der Waals surface area contributed by atoms with E-state index in [0.29, 0.717) is 0 Å². The normalized spacial score (nSPS) is 11.6. The second kappa shape index (κ2) is 2.95. The predicted molar refractivity (Wildman–Crippen MR) is 40.3 cm³/mol. The maximum atomic E-state index is 10.4. The zero-order valence-corrected chi connectivity index (χ0v) is 7.71. The lowest BCUT2D eigenvalue weighted by atomic mass is 10.6. The number of alkyl halides is 2. The molecule has 0 unspecified atom stereocenters. The third-order valence-electron chi connectivity index (χ3n) is 1.34. The molecule has 0 amide bonds. The smallest absolute Gasteiger partial charge is 0.301 e. The van der Waals surface area contributed by atoms with Gasteiger partial charge in [-0.2, -0.15) is 4.57 Å². The summed E-state index contributed by atoms with van der Waals surface area (Å²) in [6, 6.07) is 0. The maximum absolute atomic E-state index is 10.4. The molecule has 1 rings (SSSR count). The van der Waals surface area contributed by atoms with Gasteiger partial charge in [-0.3, -0.25) is 0 Å². The van der Waals surface area contributed by atoms with Gasteiger partial charge in [-0.1, -0.05) is 0 Å². The number of carbonyl (C=O) groups excluding carboxylic acids is 1. The Morgan fingerprint density at radius 2 is 2.25 bits per heavy atom. The Balaban J connectivity index is 3.05. The van der Waals surface area contributed by atoms with Crippen LogP contribution in [0.5, 0.6) is 0 Å². The molecule has 0 aliphatic heterocycles. The first-order valence-corrected chi connectivity index (χ1v) is 3.83. The third kappa shape index (κ3) is 1.54. The summed E-state index contributed by atoms with van der Waals surface area (Å²) in [6.07, 6.45) is 4.49. The van der Waals surface area contributed by atoms with Gasteiger partial charge in [-0.15, -0.1) is 0 Å². The molecular formula is C6H6Cl2N2O2. The van der Waals surface area contributed by atoms with Gasteiger partial charge < -0.3 is 9.90 Å². The van der Waals surface area contributed by atoms with Crippen LogP contribution in [0.15, 0.2) is 18.7 Å². The van der Waals surface area contributed by atoms with Crippen LogP contribution in [-0.2, 0) is 16.3 Å². The molecule has 0 saturated heterocycles. The van der Waals surface area contributed by atoms with Crippen molar-refractivity contribution < 1.29 is 14.5 Å². The Labute approximate surface area is 78.9 Å². The molecular weight excluding hydrogens is 203 g/mol. The van der Waals surface area contributed by atoms with Crippen molar-refractivity contribution in [1.29, 1.82) is 0 Å². The summed E-state index contributed by atoms with van der Waals surface area (Å²) in [5.41, 5.74) is 0. The number of nitrogens with zero attached hydrogens (tertiary/aromatic N) is 2. The molecule has 4 nitrogen and oxygen atoms in total. The number of imidazole rings is 1. The van der Waals surface area contributed by atoms with E-state index in [4.69, 9.17) is 23.2 Å². The molecule has 1 aromatic rings. The summed E-state index contributed by atoms with van der Waals surface area (Å²) in [5, 5.41) is 10.4. The number of aliphatic carboxylic acids is 1. The average molecular weight is 209 g/mol. The number of hydrogen-bond acceptors (Lipinski definition) is 2. The molecule has 0 saturated carbocycles. The van der Waals surface area contributed by atoms with Gasteiger partial charge in [-0.25, -0.2) is 4.57 Å². The summed E-state index contributed by atoms with van der Waals surface area (Å²) < 4.78 is 0.704. The van der Waals surface area contributed by atoms with E-state index in [-0.39, 0.29) is 0 Å². The summed E-state index contributed by atoms with van der Waals surface area (Å²) in [7, 11) is 1.72. The van der Waals surface area contributed by atoms with Gasteiger partial charge >= 0.3 is 4.46 Å². The minimum atomic E-state index is -2.04. The molecule has 0 bridgehead atoms. The van der Waals surface area contributed by atoms with Crippen molar-refractivity contribution in [2.45, 2.75) is 4.46 Å². The highest BCUT2D eigenvalue weighted by Crippen LogP contribution is 2.25. The standard InChI is InChI=1S/C6H6Cl2N2O2/c1-9-2-3-10(4-9)6(7,8)5(11)12/h2-4H,1H3. The number of carbonyl (C=O) groups is 1. The van der Waals surface area contributed by atoms with Crippen molar-refractivity contribution in [2.24, 2.45) is 7.05 Å². The lowest BCUT2D eigenvalue weighted by Crippen LogP contribution is -2.42. The van der Waals surface area contributed by atoms with Gasteiger partial charge in [0.15, 0.2) is 0 Å². The molecule has 12 heavy (non-hydrogen) atoms. The predicted octanol–water partition coefficient (Wildman–Crippen LogP) is -0.850. The first-order valence-electron chi connectivity index (χ1n) is 3.07. The van der Waals surface area contributed by atoms with Crippen molar-refractivity contribution in [3.8, 4) is 0 Å². The van der Waals surface area contributed by atoms with Gasteiger partial charge in [-0.05, 0) is 23.2 Å². The van der Waals surface area contributed by atoms with Crippen LogP contribution >= 0.6 is 23.2 Å². The van der Waals surface area contributed by atoms with Crippen molar-refractivity contribution in [3.05, 3.63) is 18.7 Å². The lowest BCUT2D eigenvalue weighted by Gasteiger charge is -2.15. The van der Waals surface area contributed by atoms with Crippen LogP contribution in [0.2, 0.25) is 0 Å². The molecule has 0 aliphatic carbocycles. The monoisotopic (exact) mass is 208 g/mol. The first kappa shape index (κ1) is 9.35. The van der Waals surface area contributed by atoms with E-state index in [1.165, 1.54) is 12.5 Å². The van der Waals surface area contributed by atoms with Gasteiger partial charge in [0.05, 0.1) is 7.05 Å². The largest absolute Gasteiger partial charge is 0.543 e. The highest BCUT2D eigenvalue weighted by atomic mass is 35.5. The highest BCUT2D eigenvalue weighted by Gasteiger charge is 2.33. The summed E-state index contributed by atoms with van der Waals surface area (Å²) in [5.74, 6) is -1.55. The minimum Gasteiger partial charge on any atom is -0.543 e. The summed E-state index contributed by atoms with van der Waals surface area (Å²) >= 11 is 10.9. The second-order valence-electron chi connectivity index (χ2n) is 2.32. The zero-order valence-electron chi connectivity index (χ0n) is 6.20. The number of carboxylic acids is 1. The molecule has 0 radical (unpaired) electrons. The Morgan fingerprint density at radius 3 is 2.58 bits per heavy atom. The van der Waals surface area contributed by atoms with Gasteiger partial charge in [0, 0.05) is 0 Å². The lowest BCUT2D eigenvalue weighted by molar-refractivity contribution is -0.671. The number of aromatic nitrogens is 2. The van der Waals surface area contributed by atoms with E-state index in [1.54, 1.807) is 17.8 Å². The molecule has 0 spiro atoms. The second-order valence-corrected chi connectivity index (χ2v) is 3.60. The van der Waals surface area contributed by atoms with E-state index in [9.17, 15) is 9.90 Å². The van der Waals surface area contributed by atoms with E-state index < -0.39 is 10.4 Å². The fraction of sp³-hybridized carbons (Fsp3) is 0.333. The van der Waals surface area contributed by atoms with Crippen LogP contribution < -0.4 is 9.67 Å². The van der Waals surface area contributed by atoms with E-state index in [2.05, 4.69) is 0 Å². The maximum Gasteiger partial charge on any atom is 0.301 e. The fourth-order valence-electron chi connectivity index (χ4n) is 0.722. The van der Waals surface area contributed by atoms with Crippen LogP contribution in [-0.4, -0.2) is 10.5 Å². The Morgan fingerprint density at radius 1 is 1.67 bits per heavy atom. The SMILES string of the molecule is C[n+]1ccn(C(Cl)(Cl)C(=O)[O-])c1. The Hall–Kier alpha value is -0.740. The molecule has 0 fully saturated rings. The number of hydrogen-bond donors (Lipinski definition) is 0. The minimum absolute atomic E-state index is 1.13. The van der Waals surface area contributed by atoms with Gasteiger partial charge in [0.2, 0.25) is 6.33 Å². The van der Waals surface area contributed by atoms with Crippen LogP contribution in [0.3, 0.4) is 0 Å². The van der Waals surface area contributed by atoms with Crippen molar-refractivity contribution in [2.75, 3.05) is 0 Å². The summed E-state index contributed by atoms with van der Waals surface area (Å²) in [6.45, 7) is 0. The van der Waals surface area contributed by atoms with Crippen molar-refractivity contribution in [1.82, 2.24) is 4.57 Å². The summed E-state index contributed by atoms with van der Waals surface area (Å²) in [4.78, 5) is 10.4. The van der Waals surface area contributed by atoms with Crippen LogP contribution in [0.4, 0.5) is 0 Å². The van der Waals surface area contributed by atoms with Crippen molar-refractivity contribution >= 4 is 29.2 Å². The number of carboxylic acid groups (broad SMARTS) is 1. The number of rotatable bonds is 2. The third-order valence-corrected chi connectivity index (χ3v) is 2.04. The Kier molecular flexibility index (Phi) is 2.30.